The third-order valence-corrected chi connectivity index (χ3v) is 7.55. The van der Waals surface area contributed by atoms with Gasteiger partial charge in [-0.15, -0.1) is 0 Å². The van der Waals surface area contributed by atoms with Crippen LogP contribution in [0.3, 0.4) is 0 Å². The van der Waals surface area contributed by atoms with Crippen LogP contribution in [0.5, 0.6) is 0 Å². The summed E-state index contributed by atoms with van der Waals surface area (Å²) < 4.78 is 14.0. The minimum absolute atomic E-state index is 0.0708. The molecule has 1 saturated carbocycles. The van der Waals surface area contributed by atoms with Crippen LogP contribution >= 0.6 is 11.6 Å². The molecule has 10 heteroatoms. The Bertz CT molecular complexity index is 1420. The van der Waals surface area contributed by atoms with Gasteiger partial charge in [-0.05, 0) is 43.0 Å². The Morgan fingerprint density at radius 1 is 1.08 bits per heavy atom. The van der Waals surface area contributed by atoms with E-state index < -0.39 is 29.9 Å². The Hall–Kier alpha value is -3.53. The molecular formula is C28H28ClN5O4. The number of hydrogen-bond acceptors (Lipinski definition) is 7. The summed E-state index contributed by atoms with van der Waals surface area (Å²) in [5.41, 5.74) is 3.42. The van der Waals surface area contributed by atoms with Crippen molar-refractivity contribution in [2.75, 3.05) is 11.9 Å². The molecule has 2 N–H and O–H groups in total. The van der Waals surface area contributed by atoms with Crippen molar-refractivity contribution < 1.29 is 19.4 Å². The number of nitrogens with one attached hydrogen (secondary N) is 1. The van der Waals surface area contributed by atoms with E-state index in [9.17, 15) is 9.90 Å². The van der Waals surface area contributed by atoms with Crippen LogP contribution in [0.2, 0.25) is 5.28 Å². The average molecular weight is 534 g/mol. The van der Waals surface area contributed by atoms with Crippen molar-refractivity contribution in [3.8, 4) is 0 Å². The van der Waals surface area contributed by atoms with Gasteiger partial charge in [0.05, 0.1) is 18.3 Å². The minimum Gasteiger partial charge on any atom is -0.481 e. The molecule has 1 aliphatic carbocycles. The highest BCUT2D eigenvalue weighted by molar-refractivity contribution is 6.28. The molecule has 0 amide bonds. The van der Waals surface area contributed by atoms with Gasteiger partial charge in [-0.1, -0.05) is 60.7 Å². The quantitative estimate of drug-likeness (QED) is 0.323. The molecule has 4 aromatic rings. The Morgan fingerprint density at radius 2 is 1.71 bits per heavy atom. The molecule has 2 aliphatic rings. The lowest BCUT2D eigenvalue weighted by Crippen LogP contribution is -2.30. The van der Waals surface area contributed by atoms with E-state index in [2.05, 4.69) is 44.5 Å². The van der Waals surface area contributed by atoms with Gasteiger partial charge >= 0.3 is 5.97 Å². The second-order valence-electron chi connectivity index (χ2n) is 10.2. The number of carbonyl (C=O) groups is 1. The Kier molecular flexibility index (Phi) is 6.29. The van der Waals surface area contributed by atoms with Crippen molar-refractivity contribution >= 4 is 34.6 Å². The summed E-state index contributed by atoms with van der Waals surface area (Å²) in [4.78, 5) is 25.6. The molecule has 2 aromatic carbocycles. The highest BCUT2D eigenvalue weighted by atomic mass is 35.5. The lowest BCUT2D eigenvalue weighted by molar-refractivity contribution is -0.167. The predicted octanol–water partition coefficient (Wildman–Crippen LogP) is 4.89. The number of rotatable bonds is 7. The van der Waals surface area contributed by atoms with Gasteiger partial charge in [-0.25, -0.2) is 4.98 Å². The molecule has 196 valence electrons. The number of aliphatic carboxylic acids is 1. The van der Waals surface area contributed by atoms with Gasteiger partial charge in [0.25, 0.3) is 0 Å². The van der Waals surface area contributed by atoms with Gasteiger partial charge in [0, 0.05) is 12.5 Å². The van der Waals surface area contributed by atoms with Crippen LogP contribution in [0.1, 0.15) is 43.4 Å². The number of benzene rings is 2. The highest BCUT2D eigenvalue weighted by Crippen LogP contribution is 2.47. The first-order valence-corrected chi connectivity index (χ1v) is 13.0. The fourth-order valence-corrected chi connectivity index (χ4v) is 5.89. The molecule has 0 spiro atoms. The second kappa shape index (κ2) is 9.65. The zero-order valence-electron chi connectivity index (χ0n) is 21.0. The van der Waals surface area contributed by atoms with Crippen molar-refractivity contribution in [1.82, 2.24) is 19.5 Å². The summed E-state index contributed by atoms with van der Waals surface area (Å²) in [6.45, 7) is 4.15. The van der Waals surface area contributed by atoms with Crippen molar-refractivity contribution in [2.24, 2.45) is 5.92 Å². The fraction of sp³-hybridized carbons (Fsp3) is 0.357. The minimum atomic E-state index is -0.906. The van der Waals surface area contributed by atoms with Gasteiger partial charge in [0.1, 0.15) is 12.2 Å². The van der Waals surface area contributed by atoms with Crippen molar-refractivity contribution in [3.05, 3.63) is 83.4 Å². The van der Waals surface area contributed by atoms with E-state index in [-0.39, 0.29) is 17.2 Å². The van der Waals surface area contributed by atoms with Gasteiger partial charge in [0.15, 0.2) is 22.8 Å². The largest absolute Gasteiger partial charge is 0.481 e. The van der Waals surface area contributed by atoms with Crippen LogP contribution in [0, 0.1) is 5.92 Å². The third kappa shape index (κ3) is 4.51. The maximum absolute atomic E-state index is 12.0. The lowest BCUT2D eigenvalue weighted by atomic mass is 9.91. The number of carboxylic acid groups (broad SMARTS) is 1. The number of anilines is 1. The zero-order chi connectivity index (χ0) is 26.4. The van der Waals surface area contributed by atoms with E-state index in [0.29, 0.717) is 29.9 Å². The highest BCUT2D eigenvalue weighted by Gasteiger charge is 2.57. The molecule has 4 atom stereocenters. The monoisotopic (exact) mass is 533 g/mol. The first-order chi connectivity index (χ1) is 18.3. The molecule has 6 rings (SSSR count). The van der Waals surface area contributed by atoms with E-state index in [0.717, 1.165) is 0 Å². The standard InChI is InChI=1S/C28H28ClN5O4/c1-28(2)37-22-18(26(35)36)13-20(23(22)38-28)34-15-31-21-24(32-27(29)33-25(21)34)30-14-19(16-9-5-3-6-10-16)17-11-7-4-8-12-17/h3-12,15,18-20,22-23H,13-14H2,1-2H3,(H,35,36)(H,30,32,33)/t18-,20+,22+,23-/m0/s1. The molecule has 0 bridgehead atoms. The first-order valence-electron chi connectivity index (χ1n) is 12.6. The molecule has 0 unspecified atom stereocenters. The average Bonchev–Trinajstić information content (AvgIpc) is 3.55. The molecule has 0 radical (unpaired) electrons. The van der Waals surface area contributed by atoms with E-state index in [1.165, 1.54) is 11.1 Å². The summed E-state index contributed by atoms with van der Waals surface area (Å²) in [6, 6.07) is 20.2. The molecule has 1 aliphatic heterocycles. The molecular weight excluding hydrogens is 506 g/mol. The van der Waals surface area contributed by atoms with E-state index >= 15 is 0 Å². The van der Waals surface area contributed by atoms with Crippen LogP contribution in [0.4, 0.5) is 5.82 Å². The predicted molar refractivity (Wildman–Crippen MR) is 142 cm³/mol. The van der Waals surface area contributed by atoms with Crippen LogP contribution in [-0.2, 0) is 14.3 Å². The number of aromatic nitrogens is 4. The Balaban J connectivity index is 1.33. The molecule has 38 heavy (non-hydrogen) atoms. The van der Waals surface area contributed by atoms with Crippen LogP contribution in [0.25, 0.3) is 11.2 Å². The van der Waals surface area contributed by atoms with E-state index in [1.54, 1.807) is 20.2 Å². The molecule has 1 saturated heterocycles. The summed E-state index contributed by atoms with van der Waals surface area (Å²) in [5.74, 6) is -1.89. The van der Waals surface area contributed by atoms with Crippen LogP contribution < -0.4 is 5.32 Å². The first kappa shape index (κ1) is 24.8. The number of hydrogen-bond donors (Lipinski definition) is 2. The van der Waals surface area contributed by atoms with Crippen molar-refractivity contribution in [2.45, 2.75) is 50.2 Å². The number of halogens is 1. The van der Waals surface area contributed by atoms with Crippen LogP contribution in [0.15, 0.2) is 67.0 Å². The van der Waals surface area contributed by atoms with E-state index in [1.807, 2.05) is 41.0 Å². The van der Waals surface area contributed by atoms with Gasteiger partial charge in [-0.3, -0.25) is 4.79 Å². The smallest absolute Gasteiger partial charge is 0.309 e. The van der Waals surface area contributed by atoms with Gasteiger partial charge in [-0.2, -0.15) is 9.97 Å². The fourth-order valence-electron chi connectivity index (χ4n) is 5.72. The zero-order valence-corrected chi connectivity index (χ0v) is 21.7. The normalized spacial score (nSPS) is 24.1. The summed E-state index contributed by atoms with van der Waals surface area (Å²) in [5, 5.41) is 13.4. The maximum atomic E-state index is 12.0. The van der Waals surface area contributed by atoms with Crippen LogP contribution in [-0.4, -0.2) is 55.1 Å². The van der Waals surface area contributed by atoms with Crippen molar-refractivity contribution in [3.63, 3.8) is 0 Å². The number of fused-ring (bicyclic) bond motifs is 2. The van der Waals surface area contributed by atoms with Gasteiger partial charge < -0.3 is 24.5 Å². The number of imidazole rings is 1. The number of ether oxygens (including phenoxy) is 2. The molecule has 2 fully saturated rings. The maximum Gasteiger partial charge on any atom is 0.309 e. The number of carboxylic acids is 1. The Labute approximate surface area is 224 Å². The lowest BCUT2D eigenvalue weighted by Gasteiger charge is -2.23. The second-order valence-corrected chi connectivity index (χ2v) is 10.6. The molecule has 2 aromatic heterocycles. The number of nitrogens with zero attached hydrogens (tertiary/aromatic N) is 4. The molecule has 9 nitrogen and oxygen atoms in total. The third-order valence-electron chi connectivity index (χ3n) is 7.38. The summed E-state index contributed by atoms with van der Waals surface area (Å²) in [6.07, 6.45) is 0.986. The van der Waals surface area contributed by atoms with Gasteiger partial charge in [0.2, 0.25) is 5.28 Å². The summed E-state index contributed by atoms with van der Waals surface area (Å²) in [7, 11) is 0. The Morgan fingerprint density at radius 3 is 2.34 bits per heavy atom. The topological polar surface area (TPSA) is 111 Å². The van der Waals surface area contributed by atoms with Crippen molar-refractivity contribution in [1.29, 1.82) is 0 Å². The SMILES string of the molecule is CC1(C)O[C@@H]2[C@H](O1)[C@@H](C(=O)O)C[C@H]2n1cnc2c(NCC(c3ccccc3)c3ccccc3)nc(Cl)nc21. The summed E-state index contributed by atoms with van der Waals surface area (Å²) >= 11 is 6.39. The van der Waals surface area contributed by atoms with E-state index in [4.69, 9.17) is 21.1 Å². The molecule has 3 heterocycles.